The lowest BCUT2D eigenvalue weighted by Crippen LogP contribution is -2.50. The molecule has 1 saturated carbocycles. The fourth-order valence-corrected chi connectivity index (χ4v) is 7.98. The van der Waals surface area contributed by atoms with E-state index < -0.39 is 27.8 Å². The molecule has 1 heterocycles. The van der Waals surface area contributed by atoms with E-state index in [-0.39, 0.29) is 31.5 Å². The van der Waals surface area contributed by atoms with Gasteiger partial charge in [0.25, 0.3) is 5.91 Å². The summed E-state index contributed by atoms with van der Waals surface area (Å²) >= 11 is 1.89. The summed E-state index contributed by atoms with van der Waals surface area (Å²) in [6.07, 6.45) is 7.68. The Morgan fingerprint density at radius 1 is 1.04 bits per heavy atom. The standard InChI is InChI=1S/C34H47N3O6S2.CH4/c1-24-9-7-8-12-27(24)29-21-26(13-14-28(29)32(38)35-30(34(40)41)15-20-45(3,42)43)23-36(2)31(22-25-10-5-4-6-11-25)33(39)37-16-18-44-19-17-37;/h7-9,12-14,21,25,30-31H,4-6,10-11,15-20,22-23H2,1-3H3,(H,35,38)(H,40,41);1H4/t30-,31?;/m0./s1. The van der Waals surface area contributed by atoms with Crippen molar-refractivity contribution in [2.45, 2.75) is 77.9 Å². The predicted molar refractivity (Wildman–Crippen MR) is 187 cm³/mol. The maximum Gasteiger partial charge on any atom is 0.326 e. The SMILES string of the molecule is C.Cc1ccccc1-c1cc(CN(C)C(CC2CCCCC2)C(=O)N2CCSCC2)ccc1C(=O)N[C@@H](CCS(C)(=O)=O)C(=O)O. The van der Waals surface area contributed by atoms with Gasteiger partial charge in [-0.3, -0.25) is 14.5 Å². The molecule has 2 fully saturated rings. The van der Waals surface area contributed by atoms with Gasteiger partial charge in [-0.05, 0) is 67.1 Å². The first-order valence-corrected chi connectivity index (χ1v) is 19.1. The third-order valence-corrected chi connectivity index (χ3v) is 10.9. The van der Waals surface area contributed by atoms with E-state index in [0.29, 0.717) is 23.6 Å². The first-order chi connectivity index (χ1) is 21.4. The maximum atomic E-state index is 13.9. The number of carbonyl (C=O) groups is 3. The van der Waals surface area contributed by atoms with Crippen LogP contribution in [-0.2, 0) is 26.0 Å². The average Bonchev–Trinajstić information content (AvgIpc) is 3.02. The number of sulfone groups is 1. The lowest BCUT2D eigenvalue weighted by Gasteiger charge is -2.36. The summed E-state index contributed by atoms with van der Waals surface area (Å²) in [5, 5.41) is 12.2. The van der Waals surface area contributed by atoms with Gasteiger partial charge >= 0.3 is 5.97 Å². The summed E-state index contributed by atoms with van der Waals surface area (Å²) in [5.74, 6) is 0.445. The fraction of sp³-hybridized carbons (Fsp3) is 0.571. The van der Waals surface area contributed by atoms with Gasteiger partial charge in [-0.15, -0.1) is 0 Å². The van der Waals surface area contributed by atoms with E-state index in [1.807, 2.05) is 67.0 Å². The van der Waals surface area contributed by atoms with Crippen LogP contribution in [0.4, 0.5) is 0 Å². The highest BCUT2D eigenvalue weighted by Gasteiger charge is 2.32. The van der Waals surface area contributed by atoms with Crippen LogP contribution >= 0.6 is 11.8 Å². The summed E-state index contributed by atoms with van der Waals surface area (Å²) < 4.78 is 23.3. The topological polar surface area (TPSA) is 124 Å². The molecule has 11 heteroatoms. The molecule has 0 spiro atoms. The number of thioether (sulfide) groups is 1. The number of rotatable bonds is 13. The zero-order valence-electron chi connectivity index (χ0n) is 26.7. The van der Waals surface area contributed by atoms with Crippen molar-refractivity contribution in [1.82, 2.24) is 15.1 Å². The Kier molecular flexibility index (Phi) is 14.1. The molecule has 2 aliphatic rings. The van der Waals surface area contributed by atoms with Gasteiger partial charge in [0.1, 0.15) is 15.9 Å². The number of benzene rings is 2. The van der Waals surface area contributed by atoms with Crippen LogP contribution in [0.2, 0.25) is 0 Å². The van der Waals surface area contributed by atoms with Gasteiger partial charge in [0, 0.05) is 43.0 Å². The van der Waals surface area contributed by atoms with E-state index in [1.54, 1.807) is 6.07 Å². The summed E-state index contributed by atoms with van der Waals surface area (Å²) in [7, 11) is -1.39. The molecule has 2 atom stereocenters. The number of likely N-dealkylation sites (N-methyl/N-ethyl adjacent to an activating group) is 1. The Morgan fingerprint density at radius 3 is 2.35 bits per heavy atom. The van der Waals surface area contributed by atoms with Crippen molar-refractivity contribution in [2.75, 3.05) is 43.7 Å². The molecular weight excluding hydrogens is 623 g/mol. The summed E-state index contributed by atoms with van der Waals surface area (Å²) in [5.41, 5.74) is 3.71. The number of carboxylic acids is 1. The van der Waals surface area contributed by atoms with Crippen molar-refractivity contribution in [3.05, 3.63) is 59.2 Å². The van der Waals surface area contributed by atoms with Crippen molar-refractivity contribution < 1.29 is 27.9 Å². The van der Waals surface area contributed by atoms with Crippen LogP contribution in [0.1, 0.15) is 73.9 Å². The number of nitrogens with zero attached hydrogens (tertiary/aromatic N) is 2. The summed E-state index contributed by atoms with van der Waals surface area (Å²) in [4.78, 5) is 43.5. The summed E-state index contributed by atoms with van der Waals surface area (Å²) in [6, 6.07) is 11.6. The highest BCUT2D eigenvalue weighted by molar-refractivity contribution is 7.99. The smallest absolute Gasteiger partial charge is 0.326 e. The van der Waals surface area contributed by atoms with Crippen molar-refractivity contribution in [3.8, 4) is 11.1 Å². The lowest BCUT2D eigenvalue weighted by molar-refractivity contribution is -0.139. The van der Waals surface area contributed by atoms with E-state index >= 15 is 0 Å². The highest BCUT2D eigenvalue weighted by Crippen LogP contribution is 2.32. The second-order valence-corrected chi connectivity index (χ2v) is 16.1. The number of aliphatic carboxylic acids is 1. The Labute approximate surface area is 279 Å². The fourth-order valence-electron chi connectivity index (χ4n) is 6.41. The molecule has 4 rings (SSSR count). The molecule has 9 nitrogen and oxygen atoms in total. The number of amides is 2. The minimum atomic E-state index is -3.40. The van der Waals surface area contributed by atoms with Crippen LogP contribution in [-0.4, -0.2) is 96.8 Å². The van der Waals surface area contributed by atoms with Crippen molar-refractivity contribution >= 4 is 39.4 Å². The normalized spacial score (nSPS) is 17.2. The molecule has 0 aromatic heterocycles. The van der Waals surface area contributed by atoms with Crippen LogP contribution in [0.5, 0.6) is 0 Å². The second kappa shape index (κ2) is 17.3. The number of nitrogens with one attached hydrogen (secondary N) is 1. The first kappa shape index (κ1) is 37.6. The third kappa shape index (κ3) is 10.6. The van der Waals surface area contributed by atoms with Gasteiger partial charge in [-0.25, -0.2) is 13.2 Å². The van der Waals surface area contributed by atoms with Crippen LogP contribution in [0.15, 0.2) is 42.5 Å². The molecule has 46 heavy (non-hydrogen) atoms. The molecule has 2 N–H and O–H groups in total. The first-order valence-electron chi connectivity index (χ1n) is 15.9. The second-order valence-electron chi connectivity index (χ2n) is 12.6. The molecule has 0 radical (unpaired) electrons. The molecule has 1 saturated heterocycles. The Balaban J connectivity index is 0.00000576. The lowest BCUT2D eigenvalue weighted by atomic mass is 9.84. The van der Waals surface area contributed by atoms with Crippen molar-refractivity contribution in [3.63, 3.8) is 0 Å². The van der Waals surface area contributed by atoms with E-state index in [1.165, 1.54) is 19.3 Å². The number of carboxylic acid groups (broad SMARTS) is 1. The van der Waals surface area contributed by atoms with Gasteiger partial charge in [-0.1, -0.05) is 69.9 Å². The molecule has 1 unspecified atom stereocenters. The Morgan fingerprint density at radius 2 is 1.72 bits per heavy atom. The molecule has 2 aromatic rings. The number of carbonyl (C=O) groups excluding carboxylic acids is 2. The van der Waals surface area contributed by atoms with Crippen LogP contribution in [0.25, 0.3) is 11.1 Å². The number of hydrogen-bond donors (Lipinski definition) is 2. The monoisotopic (exact) mass is 673 g/mol. The third-order valence-electron chi connectivity index (χ3n) is 9.00. The Bertz CT molecular complexity index is 1450. The van der Waals surface area contributed by atoms with Gasteiger partial charge in [0.15, 0.2) is 0 Å². The van der Waals surface area contributed by atoms with Crippen molar-refractivity contribution in [2.24, 2.45) is 5.92 Å². The Hall–Kier alpha value is -2.89. The van der Waals surface area contributed by atoms with Crippen LogP contribution < -0.4 is 5.32 Å². The molecule has 2 amide bonds. The number of aryl methyl sites for hydroxylation is 1. The van der Waals surface area contributed by atoms with Gasteiger partial charge in [-0.2, -0.15) is 11.8 Å². The van der Waals surface area contributed by atoms with Crippen LogP contribution in [0.3, 0.4) is 0 Å². The van der Waals surface area contributed by atoms with E-state index in [0.717, 1.165) is 66.8 Å². The molecule has 254 valence electrons. The van der Waals surface area contributed by atoms with E-state index in [4.69, 9.17) is 0 Å². The molecule has 0 bridgehead atoms. The summed E-state index contributed by atoms with van der Waals surface area (Å²) in [6.45, 7) is 4.03. The zero-order chi connectivity index (χ0) is 32.6. The maximum absolute atomic E-state index is 13.9. The van der Waals surface area contributed by atoms with Crippen molar-refractivity contribution in [1.29, 1.82) is 0 Å². The van der Waals surface area contributed by atoms with Gasteiger partial charge < -0.3 is 15.3 Å². The average molecular weight is 674 g/mol. The quantitative estimate of drug-likeness (QED) is 0.295. The van der Waals surface area contributed by atoms with E-state index in [2.05, 4.69) is 10.2 Å². The molecular formula is C35H51N3O6S2. The molecule has 1 aliphatic carbocycles. The minimum absolute atomic E-state index is 0. The largest absolute Gasteiger partial charge is 0.480 e. The molecule has 2 aromatic carbocycles. The van der Waals surface area contributed by atoms with E-state index in [9.17, 15) is 27.9 Å². The van der Waals surface area contributed by atoms with Crippen LogP contribution in [0, 0.1) is 12.8 Å². The predicted octanol–water partition coefficient (Wildman–Crippen LogP) is 5.26. The zero-order valence-corrected chi connectivity index (χ0v) is 28.3. The van der Waals surface area contributed by atoms with Gasteiger partial charge in [0.05, 0.1) is 11.8 Å². The molecule has 1 aliphatic heterocycles. The minimum Gasteiger partial charge on any atom is -0.480 e. The highest BCUT2D eigenvalue weighted by atomic mass is 32.2. The van der Waals surface area contributed by atoms with Gasteiger partial charge in [0.2, 0.25) is 5.91 Å². The number of hydrogen-bond acceptors (Lipinski definition) is 7.